The summed E-state index contributed by atoms with van der Waals surface area (Å²) in [6.07, 6.45) is 2.58. The van der Waals surface area contributed by atoms with E-state index in [0.29, 0.717) is 17.6 Å². The molecule has 27 heavy (non-hydrogen) atoms. The second-order valence-corrected chi connectivity index (χ2v) is 6.56. The summed E-state index contributed by atoms with van der Waals surface area (Å²) in [4.78, 5) is 18.5. The molecule has 3 rings (SSSR count). The van der Waals surface area contributed by atoms with Crippen LogP contribution in [0, 0.1) is 0 Å². The molecule has 0 atom stereocenters. The van der Waals surface area contributed by atoms with Gasteiger partial charge in [-0.05, 0) is 68.5 Å². The second-order valence-electron chi connectivity index (χ2n) is 6.56. The molecule has 0 spiro atoms. The third-order valence-corrected chi connectivity index (χ3v) is 4.23. The predicted molar refractivity (Wildman–Crippen MR) is 112 cm³/mol. The lowest BCUT2D eigenvalue weighted by molar-refractivity contribution is 0.0952. The van der Waals surface area contributed by atoms with Gasteiger partial charge in [-0.2, -0.15) is 0 Å². The molecule has 1 heterocycles. The van der Waals surface area contributed by atoms with E-state index in [1.807, 2.05) is 44.4 Å². The summed E-state index contributed by atoms with van der Waals surface area (Å²) in [6, 6.07) is 14.8. The molecule has 0 aliphatic carbocycles. The number of benzene rings is 2. The Morgan fingerprint density at radius 3 is 2.56 bits per heavy atom. The molecule has 1 amide bonds. The largest absolute Gasteiger partial charge is 0.506 e. The van der Waals surface area contributed by atoms with Gasteiger partial charge in [0.05, 0.1) is 0 Å². The average Bonchev–Trinajstić information content (AvgIpc) is 2.65. The number of carbonyl (C=O) groups excluding carboxylic acids is 1. The fraction of sp³-hybridized carbons (Fsp3) is 0.238. The lowest BCUT2D eigenvalue weighted by Gasteiger charge is -2.10. The maximum absolute atomic E-state index is 12.2. The third kappa shape index (κ3) is 5.18. The highest BCUT2D eigenvalue weighted by Gasteiger charge is 2.08. The number of phenols is 1. The summed E-state index contributed by atoms with van der Waals surface area (Å²) >= 11 is 0. The number of aromatic nitrogens is 1. The summed E-state index contributed by atoms with van der Waals surface area (Å²) in [5.41, 5.74) is 3.05. The summed E-state index contributed by atoms with van der Waals surface area (Å²) < 4.78 is 0. The number of carbonyl (C=O) groups is 1. The van der Waals surface area contributed by atoms with Crippen LogP contribution in [0.5, 0.6) is 5.75 Å². The van der Waals surface area contributed by atoms with Gasteiger partial charge in [0.25, 0.3) is 5.91 Å². The molecule has 6 heteroatoms. The van der Waals surface area contributed by atoms with Crippen molar-refractivity contribution in [3.8, 4) is 16.9 Å². The van der Waals surface area contributed by atoms with Crippen molar-refractivity contribution in [2.24, 2.45) is 0 Å². The van der Waals surface area contributed by atoms with Crippen molar-refractivity contribution in [3.63, 3.8) is 0 Å². The van der Waals surface area contributed by atoms with Crippen LogP contribution in [0.3, 0.4) is 0 Å². The molecule has 2 N–H and O–H groups in total. The number of halogens is 1. The van der Waals surface area contributed by atoms with Crippen molar-refractivity contribution >= 4 is 29.2 Å². The zero-order chi connectivity index (χ0) is 18.5. The molecule has 0 fully saturated rings. The quantitative estimate of drug-likeness (QED) is 0.635. The Kier molecular flexibility index (Phi) is 7.16. The number of nitrogens with one attached hydrogen (secondary N) is 1. The van der Waals surface area contributed by atoms with E-state index in [1.54, 1.807) is 24.4 Å². The monoisotopic (exact) mass is 385 g/mol. The molecule has 0 saturated heterocycles. The molecule has 1 aromatic heterocycles. The standard InChI is InChI=1S/C21H23N3O2.ClH/c1-24(2)12-4-11-23-21(26)16-8-6-15(7-9-16)18-13-17-5-3-10-22-20(17)19(25)14-18;/h3,5-10,13-14,25H,4,11-12H2,1-2H3,(H,23,26);1H. The average molecular weight is 386 g/mol. The molecule has 0 saturated carbocycles. The molecule has 0 unspecified atom stereocenters. The first-order valence-corrected chi connectivity index (χ1v) is 8.66. The molecule has 0 radical (unpaired) electrons. The molecule has 2 aromatic carbocycles. The van der Waals surface area contributed by atoms with Gasteiger partial charge in [0.2, 0.25) is 0 Å². The van der Waals surface area contributed by atoms with Gasteiger partial charge in [-0.25, -0.2) is 0 Å². The van der Waals surface area contributed by atoms with Gasteiger partial charge in [-0.3, -0.25) is 9.78 Å². The van der Waals surface area contributed by atoms with Crippen LogP contribution in [0.1, 0.15) is 16.8 Å². The first-order chi connectivity index (χ1) is 12.5. The summed E-state index contributed by atoms with van der Waals surface area (Å²) in [5.74, 6) is 0.0849. The zero-order valence-electron chi connectivity index (χ0n) is 15.5. The highest BCUT2D eigenvalue weighted by atomic mass is 35.5. The minimum absolute atomic E-state index is 0. The van der Waals surface area contributed by atoms with Crippen molar-refractivity contribution < 1.29 is 9.90 Å². The predicted octanol–water partition coefficient (Wildman–Crippen LogP) is 3.71. The fourth-order valence-electron chi connectivity index (χ4n) is 2.85. The van der Waals surface area contributed by atoms with Crippen LogP contribution < -0.4 is 5.32 Å². The van der Waals surface area contributed by atoms with Gasteiger partial charge in [-0.1, -0.05) is 18.2 Å². The van der Waals surface area contributed by atoms with Crippen LogP contribution in [0.25, 0.3) is 22.0 Å². The van der Waals surface area contributed by atoms with Crippen molar-refractivity contribution in [2.45, 2.75) is 6.42 Å². The molecule has 0 aliphatic heterocycles. The molecule has 0 aliphatic rings. The van der Waals surface area contributed by atoms with Gasteiger partial charge < -0.3 is 15.3 Å². The highest BCUT2D eigenvalue weighted by Crippen LogP contribution is 2.30. The van der Waals surface area contributed by atoms with Gasteiger partial charge in [0.1, 0.15) is 11.3 Å². The van der Waals surface area contributed by atoms with Gasteiger partial charge in [0, 0.05) is 23.7 Å². The van der Waals surface area contributed by atoms with Crippen LogP contribution in [-0.4, -0.2) is 48.1 Å². The molecule has 5 nitrogen and oxygen atoms in total. The van der Waals surface area contributed by atoms with E-state index in [1.165, 1.54) is 0 Å². The Morgan fingerprint density at radius 1 is 1.11 bits per heavy atom. The van der Waals surface area contributed by atoms with Gasteiger partial charge in [-0.15, -0.1) is 12.4 Å². The third-order valence-electron chi connectivity index (χ3n) is 4.23. The van der Waals surface area contributed by atoms with E-state index in [0.717, 1.165) is 29.5 Å². The molecular formula is C21H24ClN3O2. The lowest BCUT2D eigenvalue weighted by Crippen LogP contribution is -2.27. The van der Waals surface area contributed by atoms with E-state index in [-0.39, 0.29) is 24.1 Å². The topological polar surface area (TPSA) is 65.5 Å². The normalized spacial score (nSPS) is 10.6. The van der Waals surface area contributed by atoms with E-state index < -0.39 is 0 Å². The Bertz CT molecular complexity index is 911. The number of pyridine rings is 1. The van der Waals surface area contributed by atoms with E-state index in [9.17, 15) is 9.90 Å². The number of amides is 1. The Morgan fingerprint density at radius 2 is 1.85 bits per heavy atom. The Hall–Kier alpha value is -2.63. The maximum Gasteiger partial charge on any atom is 0.251 e. The SMILES string of the molecule is CN(C)CCCNC(=O)c1ccc(-c2cc(O)c3ncccc3c2)cc1.Cl. The molecule has 0 bridgehead atoms. The van der Waals surface area contributed by atoms with Crippen molar-refractivity contribution in [3.05, 3.63) is 60.3 Å². The highest BCUT2D eigenvalue weighted by molar-refractivity contribution is 5.95. The van der Waals surface area contributed by atoms with Crippen LogP contribution in [0.15, 0.2) is 54.7 Å². The van der Waals surface area contributed by atoms with E-state index in [2.05, 4.69) is 15.2 Å². The fourth-order valence-corrected chi connectivity index (χ4v) is 2.85. The lowest BCUT2D eigenvalue weighted by atomic mass is 10.0. The van der Waals surface area contributed by atoms with Crippen molar-refractivity contribution in [1.82, 2.24) is 15.2 Å². The summed E-state index contributed by atoms with van der Waals surface area (Å²) in [6.45, 7) is 1.60. The Balaban J connectivity index is 0.00000261. The number of aromatic hydroxyl groups is 1. The molecule has 3 aromatic rings. The number of nitrogens with zero attached hydrogens (tertiary/aromatic N) is 2. The molecule has 142 valence electrons. The first kappa shape index (κ1) is 20.7. The van der Waals surface area contributed by atoms with Crippen molar-refractivity contribution in [1.29, 1.82) is 0 Å². The first-order valence-electron chi connectivity index (χ1n) is 8.66. The van der Waals surface area contributed by atoms with E-state index in [4.69, 9.17) is 0 Å². The number of fused-ring (bicyclic) bond motifs is 1. The number of hydrogen-bond donors (Lipinski definition) is 2. The second kappa shape index (κ2) is 9.35. The van der Waals surface area contributed by atoms with Crippen LogP contribution in [0.2, 0.25) is 0 Å². The summed E-state index contributed by atoms with van der Waals surface area (Å²) in [7, 11) is 4.03. The zero-order valence-corrected chi connectivity index (χ0v) is 16.3. The maximum atomic E-state index is 12.2. The smallest absolute Gasteiger partial charge is 0.251 e. The minimum atomic E-state index is -0.0686. The van der Waals surface area contributed by atoms with Crippen LogP contribution in [-0.2, 0) is 0 Å². The number of hydrogen-bond acceptors (Lipinski definition) is 4. The van der Waals surface area contributed by atoms with Crippen molar-refractivity contribution in [2.75, 3.05) is 27.2 Å². The number of rotatable bonds is 6. The van der Waals surface area contributed by atoms with Crippen LogP contribution in [0.4, 0.5) is 0 Å². The van der Waals surface area contributed by atoms with E-state index >= 15 is 0 Å². The number of phenolic OH excluding ortho intramolecular Hbond substituents is 1. The van der Waals surface area contributed by atoms with Gasteiger partial charge >= 0.3 is 0 Å². The molecular weight excluding hydrogens is 362 g/mol. The van der Waals surface area contributed by atoms with Gasteiger partial charge in [0.15, 0.2) is 0 Å². The van der Waals surface area contributed by atoms with Crippen LogP contribution >= 0.6 is 12.4 Å². The summed E-state index contributed by atoms with van der Waals surface area (Å²) in [5, 5.41) is 14.0. The minimum Gasteiger partial charge on any atom is -0.506 e. The Labute approximate surface area is 165 Å².